The molecule has 0 unspecified atom stereocenters. The summed E-state index contributed by atoms with van der Waals surface area (Å²) in [5, 5.41) is 15.4. The summed E-state index contributed by atoms with van der Waals surface area (Å²) in [5.41, 5.74) is -0.00166. The van der Waals surface area contributed by atoms with E-state index < -0.39 is 18.0 Å². The zero-order valence-electron chi connectivity index (χ0n) is 17.4. The maximum atomic E-state index is 13.1. The molecule has 1 aliphatic heterocycles. The van der Waals surface area contributed by atoms with E-state index in [0.29, 0.717) is 42.8 Å². The average Bonchev–Trinajstić information content (AvgIpc) is 3.46. The van der Waals surface area contributed by atoms with Crippen molar-refractivity contribution >= 4 is 34.7 Å². The number of thiophene rings is 1. The van der Waals surface area contributed by atoms with Crippen molar-refractivity contribution in [3.8, 4) is 0 Å². The average molecular weight is 482 g/mol. The summed E-state index contributed by atoms with van der Waals surface area (Å²) in [6.45, 7) is 0.953. The standard InChI is InChI=1S/C20H21F3N6O3S/c21-20(22,23)19-26-25-15-3-4-16(27-29(15)19)28-9-6-13(7-10-28)18(31)32-12-17(30)24-8-5-14-2-1-11-33-14/h1-4,11,13H,5-10,12H2,(H,24,30). The number of nitrogens with zero attached hydrogens (tertiary/aromatic N) is 5. The number of alkyl halides is 3. The van der Waals surface area contributed by atoms with Gasteiger partial charge in [0.2, 0.25) is 0 Å². The van der Waals surface area contributed by atoms with Crippen LogP contribution in [0.1, 0.15) is 23.5 Å². The van der Waals surface area contributed by atoms with Crippen LogP contribution in [0, 0.1) is 5.92 Å². The quantitative estimate of drug-likeness (QED) is 0.516. The summed E-state index contributed by atoms with van der Waals surface area (Å²) in [7, 11) is 0. The zero-order valence-corrected chi connectivity index (χ0v) is 18.2. The van der Waals surface area contributed by atoms with Crippen LogP contribution >= 0.6 is 11.3 Å². The van der Waals surface area contributed by atoms with Crippen LogP contribution in [0.2, 0.25) is 0 Å². The third kappa shape index (κ3) is 5.59. The molecule has 9 nitrogen and oxygen atoms in total. The summed E-state index contributed by atoms with van der Waals surface area (Å²) in [6, 6.07) is 6.92. The van der Waals surface area contributed by atoms with Crippen molar-refractivity contribution in [3.63, 3.8) is 0 Å². The predicted octanol–water partition coefficient (Wildman–Crippen LogP) is 2.32. The molecule has 1 N–H and O–H groups in total. The van der Waals surface area contributed by atoms with Crippen LogP contribution in [0.25, 0.3) is 5.65 Å². The maximum Gasteiger partial charge on any atom is 0.453 e. The highest BCUT2D eigenvalue weighted by Crippen LogP contribution is 2.28. The van der Waals surface area contributed by atoms with Gasteiger partial charge < -0.3 is 15.0 Å². The number of amides is 1. The van der Waals surface area contributed by atoms with E-state index in [1.807, 2.05) is 17.5 Å². The van der Waals surface area contributed by atoms with Crippen LogP contribution in [0.5, 0.6) is 0 Å². The Morgan fingerprint density at radius 2 is 1.97 bits per heavy atom. The van der Waals surface area contributed by atoms with E-state index in [9.17, 15) is 22.8 Å². The molecule has 0 radical (unpaired) electrons. The summed E-state index contributed by atoms with van der Waals surface area (Å²) < 4.78 is 45.0. The first-order valence-corrected chi connectivity index (χ1v) is 11.2. The van der Waals surface area contributed by atoms with Crippen LogP contribution in [0.15, 0.2) is 29.6 Å². The SMILES string of the molecule is O=C(COC(=O)C1CCN(c2ccc3nnc(C(F)(F)F)n3n2)CC1)NCCc1cccs1. The van der Waals surface area contributed by atoms with Crippen LogP contribution in [0.3, 0.4) is 0 Å². The zero-order chi connectivity index (χ0) is 23.4. The summed E-state index contributed by atoms with van der Waals surface area (Å²) in [6.07, 6.45) is -3.08. The van der Waals surface area contributed by atoms with Crippen molar-refractivity contribution in [2.45, 2.75) is 25.4 Å². The molecule has 13 heteroatoms. The van der Waals surface area contributed by atoms with Gasteiger partial charge in [-0.25, -0.2) is 0 Å². The number of piperidine rings is 1. The molecule has 0 aliphatic carbocycles. The molecule has 176 valence electrons. The second-order valence-electron chi connectivity index (χ2n) is 7.53. The number of esters is 1. The summed E-state index contributed by atoms with van der Waals surface area (Å²) >= 11 is 1.61. The third-order valence-corrected chi connectivity index (χ3v) is 6.21. The van der Waals surface area contributed by atoms with E-state index in [1.165, 1.54) is 6.07 Å². The smallest absolute Gasteiger partial charge is 0.453 e. The summed E-state index contributed by atoms with van der Waals surface area (Å²) in [4.78, 5) is 27.2. The Morgan fingerprint density at radius 3 is 2.67 bits per heavy atom. The first-order chi connectivity index (χ1) is 15.8. The molecule has 0 spiro atoms. The Hall–Kier alpha value is -3.22. The van der Waals surface area contributed by atoms with Gasteiger partial charge in [-0.3, -0.25) is 9.59 Å². The van der Waals surface area contributed by atoms with Gasteiger partial charge in [-0.15, -0.1) is 26.6 Å². The van der Waals surface area contributed by atoms with E-state index in [4.69, 9.17) is 4.74 Å². The number of rotatable bonds is 7. The fraction of sp³-hybridized carbons (Fsp3) is 0.450. The van der Waals surface area contributed by atoms with Crippen LogP contribution in [-0.2, 0) is 26.9 Å². The number of hydrogen-bond acceptors (Lipinski definition) is 8. The second kappa shape index (κ2) is 9.73. The summed E-state index contributed by atoms with van der Waals surface area (Å²) in [5.74, 6) is -2.05. The molecular formula is C20H21F3N6O3S. The van der Waals surface area contributed by atoms with Crippen molar-refractivity contribution in [1.29, 1.82) is 0 Å². The lowest BCUT2D eigenvalue weighted by Gasteiger charge is -2.31. The van der Waals surface area contributed by atoms with Crippen molar-refractivity contribution in [1.82, 2.24) is 25.1 Å². The molecule has 1 saturated heterocycles. The first-order valence-electron chi connectivity index (χ1n) is 10.3. The molecule has 0 atom stereocenters. The van der Waals surface area contributed by atoms with Gasteiger partial charge in [0.25, 0.3) is 11.7 Å². The molecule has 0 saturated carbocycles. The number of carbonyl (C=O) groups is 2. The minimum atomic E-state index is -4.67. The molecular weight excluding hydrogens is 461 g/mol. The van der Waals surface area contributed by atoms with E-state index in [1.54, 1.807) is 22.3 Å². The first kappa shape index (κ1) is 23.0. The maximum absolute atomic E-state index is 13.1. The highest BCUT2D eigenvalue weighted by atomic mass is 32.1. The molecule has 4 heterocycles. The number of aromatic nitrogens is 4. The highest BCUT2D eigenvalue weighted by molar-refractivity contribution is 7.09. The van der Waals surface area contributed by atoms with Gasteiger partial charge in [0.1, 0.15) is 5.82 Å². The fourth-order valence-corrected chi connectivity index (χ4v) is 4.26. The Morgan fingerprint density at radius 1 is 1.18 bits per heavy atom. The minimum Gasteiger partial charge on any atom is -0.455 e. The number of fused-ring (bicyclic) bond motifs is 1. The molecule has 1 fully saturated rings. The minimum absolute atomic E-state index is 0.00166. The highest BCUT2D eigenvalue weighted by Gasteiger charge is 2.38. The van der Waals surface area contributed by atoms with Crippen molar-refractivity contribution in [3.05, 3.63) is 40.3 Å². The van der Waals surface area contributed by atoms with Gasteiger partial charge in [-0.1, -0.05) is 6.07 Å². The Labute approximate surface area is 190 Å². The number of hydrogen-bond donors (Lipinski definition) is 1. The molecule has 3 aromatic rings. The molecule has 0 bridgehead atoms. The Balaban J connectivity index is 1.24. The lowest BCUT2D eigenvalue weighted by atomic mass is 9.97. The van der Waals surface area contributed by atoms with Crippen molar-refractivity contribution in [2.24, 2.45) is 5.92 Å². The van der Waals surface area contributed by atoms with Crippen molar-refractivity contribution < 1.29 is 27.5 Å². The molecule has 4 rings (SSSR count). The van der Waals surface area contributed by atoms with E-state index in [0.717, 1.165) is 11.3 Å². The number of carbonyl (C=O) groups excluding carboxylic acids is 2. The van der Waals surface area contributed by atoms with Gasteiger partial charge >= 0.3 is 12.1 Å². The monoisotopic (exact) mass is 482 g/mol. The largest absolute Gasteiger partial charge is 0.455 e. The molecule has 0 aromatic carbocycles. The lowest BCUT2D eigenvalue weighted by Crippen LogP contribution is -2.38. The van der Waals surface area contributed by atoms with Gasteiger partial charge in [0.05, 0.1) is 5.92 Å². The molecule has 33 heavy (non-hydrogen) atoms. The van der Waals surface area contributed by atoms with E-state index in [-0.39, 0.29) is 24.1 Å². The normalized spacial score (nSPS) is 15.1. The Bertz CT molecular complexity index is 1110. The number of anilines is 1. The van der Waals surface area contributed by atoms with Crippen LogP contribution < -0.4 is 10.2 Å². The molecule has 1 amide bonds. The Kier molecular flexibility index (Phi) is 6.77. The van der Waals surface area contributed by atoms with Crippen LogP contribution in [0.4, 0.5) is 19.0 Å². The van der Waals surface area contributed by atoms with Gasteiger partial charge in [-0.2, -0.15) is 17.7 Å². The number of nitrogens with one attached hydrogen (secondary N) is 1. The second-order valence-corrected chi connectivity index (χ2v) is 8.56. The van der Waals surface area contributed by atoms with Gasteiger partial charge in [0, 0.05) is 24.5 Å². The van der Waals surface area contributed by atoms with Crippen LogP contribution in [-0.4, -0.2) is 57.9 Å². The topological polar surface area (TPSA) is 102 Å². The number of ether oxygens (including phenoxy) is 1. The van der Waals surface area contributed by atoms with E-state index >= 15 is 0 Å². The van der Waals surface area contributed by atoms with Gasteiger partial charge in [0.15, 0.2) is 12.3 Å². The lowest BCUT2D eigenvalue weighted by molar-refractivity contribution is -0.153. The van der Waals surface area contributed by atoms with E-state index in [2.05, 4.69) is 20.6 Å². The molecule has 3 aromatic heterocycles. The predicted molar refractivity (Wildman–Crippen MR) is 113 cm³/mol. The third-order valence-electron chi connectivity index (χ3n) is 5.27. The van der Waals surface area contributed by atoms with Gasteiger partial charge in [-0.05, 0) is 42.8 Å². The number of halogens is 3. The molecule has 1 aliphatic rings. The van der Waals surface area contributed by atoms with Crippen molar-refractivity contribution in [2.75, 3.05) is 31.1 Å². The fourth-order valence-electron chi connectivity index (χ4n) is 3.55.